The molecule has 17 heavy (non-hydrogen) atoms. The van der Waals surface area contributed by atoms with Crippen LogP contribution in [0.5, 0.6) is 0 Å². The van der Waals surface area contributed by atoms with E-state index in [2.05, 4.69) is 43.4 Å². The van der Waals surface area contributed by atoms with Crippen LogP contribution in [-0.4, -0.2) is 18.7 Å². The fourth-order valence-electron chi connectivity index (χ4n) is 1.62. The zero-order chi connectivity index (χ0) is 12.7. The molecule has 1 aromatic carbocycles. The van der Waals surface area contributed by atoms with Gasteiger partial charge in [0.15, 0.2) is 0 Å². The maximum atomic E-state index is 10.7. The van der Waals surface area contributed by atoms with Crippen molar-refractivity contribution in [2.75, 3.05) is 6.54 Å². The van der Waals surface area contributed by atoms with E-state index in [1.54, 1.807) is 0 Å². The van der Waals surface area contributed by atoms with Crippen LogP contribution in [0.25, 0.3) is 0 Å². The summed E-state index contributed by atoms with van der Waals surface area (Å²) >= 11 is 0. The van der Waals surface area contributed by atoms with Crippen LogP contribution in [0.1, 0.15) is 37.3 Å². The second-order valence-electron chi connectivity index (χ2n) is 4.21. The summed E-state index contributed by atoms with van der Waals surface area (Å²) in [6.45, 7) is 4.88. The van der Waals surface area contributed by atoms with Gasteiger partial charge in [-0.2, -0.15) is 0 Å². The van der Waals surface area contributed by atoms with Crippen molar-refractivity contribution in [1.82, 2.24) is 5.32 Å². The number of rotatable bonds is 6. The highest BCUT2D eigenvalue weighted by Gasteiger charge is 2.02. The Hall–Kier alpha value is -1.64. The van der Waals surface area contributed by atoms with Crippen molar-refractivity contribution in [3.05, 3.63) is 35.4 Å². The quantitative estimate of drug-likeness (QED) is 0.604. The van der Waals surface area contributed by atoms with Crippen LogP contribution in [0.2, 0.25) is 0 Å². The minimum atomic E-state index is -0.554. The lowest BCUT2D eigenvalue weighted by molar-refractivity contribution is -0.131. The molecule has 0 heterocycles. The molecular weight excluding hydrogens is 214 g/mol. The molecule has 92 valence electrons. The zero-order valence-corrected chi connectivity index (χ0v) is 10.4. The predicted molar refractivity (Wildman–Crippen MR) is 67.9 cm³/mol. The van der Waals surface area contributed by atoms with Crippen molar-refractivity contribution in [2.24, 2.45) is 0 Å². The fraction of sp³-hybridized carbons (Fsp3) is 0.429. The first-order chi connectivity index (χ1) is 8.17. The fourth-order valence-corrected chi connectivity index (χ4v) is 1.62. The lowest BCUT2D eigenvalue weighted by atomic mass is 9.97. The number of carbonyl (C=O) groups is 2. The second kappa shape index (κ2) is 6.84. The minimum absolute atomic E-state index is 0.298. The molecule has 1 amide bonds. The Labute approximate surface area is 102 Å². The first-order valence-corrected chi connectivity index (χ1v) is 5.99. The van der Waals surface area contributed by atoms with E-state index in [4.69, 9.17) is 0 Å². The van der Waals surface area contributed by atoms with Crippen LogP contribution in [0.15, 0.2) is 24.3 Å². The number of hydrogen-bond acceptors (Lipinski definition) is 2. The Morgan fingerprint density at radius 1 is 1.35 bits per heavy atom. The molecule has 0 aliphatic rings. The summed E-state index contributed by atoms with van der Waals surface area (Å²) in [5.74, 6) is 0.0278. The number of carbonyl (C=O) groups excluding carboxylic acids is 2. The Morgan fingerprint density at radius 3 is 2.53 bits per heavy atom. The monoisotopic (exact) mass is 233 g/mol. The summed E-state index contributed by atoms with van der Waals surface area (Å²) in [5, 5.41) is 2.52. The molecule has 0 bridgehead atoms. The van der Waals surface area contributed by atoms with Gasteiger partial charge in [-0.1, -0.05) is 38.1 Å². The van der Waals surface area contributed by atoms with Crippen molar-refractivity contribution >= 4 is 12.2 Å². The standard InChI is InChI=1S/C14H19NO2/c1-3-11(2)13-6-4-12(5-7-13)8-9-15-14(17)10-16/h4-7,10-11H,3,8-9H2,1-2H3,(H,15,17). The highest BCUT2D eigenvalue weighted by molar-refractivity contribution is 6.23. The molecule has 1 N–H and O–H groups in total. The van der Waals surface area contributed by atoms with Gasteiger partial charge >= 0.3 is 0 Å². The third-order valence-corrected chi connectivity index (χ3v) is 2.98. The summed E-state index contributed by atoms with van der Waals surface area (Å²) in [5.41, 5.74) is 2.51. The van der Waals surface area contributed by atoms with Crippen LogP contribution in [-0.2, 0) is 16.0 Å². The molecule has 0 spiro atoms. The van der Waals surface area contributed by atoms with Gasteiger partial charge in [0.1, 0.15) is 0 Å². The molecule has 3 nitrogen and oxygen atoms in total. The molecule has 1 unspecified atom stereocenters. The first kappa shape index (κ1) is 13.4. The van der Waals surface area contributed by atoms with E-state index in [-0.39, 0.29) is 0 Å². The van der Waals surface area contributed by atoms with Gasteiger partial charge in [0.2, 0.25) is 6.29 Å². The highest BCUT2D eigenvalue weighted by atomic mass is 16.2. The van der Waals surface area contributed by atoms with Crippen molar-refractivity contribution in [3.63, 3.8) is 0 Å². The maximum Gasteiger partial charge on any atom is 0.284 e. The van der Waals surface area contributed by atoms with Gasteiger partial charge < -0.3 is 5.32 Å². The lowest BCUT2D eigenvalue weighted by Gasteiger charge is -2.09. The van der Waals surface area contributed by atoms with E-state index >= 15 is 0 Å². The Balaban J connectivity index is 2.45. The minimum Gasteiger partial charge on any atom is -0.349 e. The van der Waals surface area contributed by atoms with Gasteiger partial charge in [0, 0.05) is 6.54 Å². The Bertz CT molecular complexity index is 370. The molecule has 1 aromatic rings. The van der Waals surface area contributed by atoms with Crippen LogP contribution < -0.4 is 5.32 Å². The van der Waals surface area contributed by atoms with Gasteiger partial charge in [-0.25, -0.2) is 0 Å². The molecule has 0 saturated heterocycles. The molecule has 3 heteroatoms. The molecule has 0 aliphatic carbocycles. The van der Waals surface area contributed by atoms with E-state index in [9.17, 15) is 9.59 Å². The lowest BCUT2D eigenvalue weighted by Crippen LogP contribution is -2.26. The van der Waals surface area contributed by atoms with Crippen LogP contribution in [0.3, 0.4) is 0 Å². The molecule has 0 aromatic heterocycles. The topological polar surface area (TPSA) is 46.2 Å². The largest absolute Gasteiger partial charge is 0.349 e. The maximum absolute atomic E-state index is 10.7. The van der Waals surface area contributed by atoms with Crippen molar-refractivity contribution < 1.29 is 9.59 Å². The average Bonchev–Trinajstić information content (AvgIpc) is 2.38. The van der Waals surface area contributed by atoms with E-state index < -0.39 is 5.91 Å². The Morgan fingerprint density at radius 2 is 2.00 bits per heavy atom. The molecule has 0 saturated carbocycles. The first-order valence-electron chi connectivity index (χ1n) is 5.99. The number of hydrogen-bond donors (Lipinski definition) is 1. The highest BCUT2D eigenvalue weighted by Crippen LogP contribution is 2.18. The summed E-state index contributed by atoms with van der Waals surface area (Å²) in [6.07, 6.45) is 2.18. The van der Waals surface area contributed by atoms with Crippen molar-refractivity contribution in [1.29, 1.82) is 0 Å². The molecule has 0 aliphatic heterocycles. The van der Waals surface area contributed by atoms with Crippen LogP contribution in [0.4, 0.5) is 0 Å². The van der Waals surface area contributed by atoms with E-state index in [0.29, 0.717) is 18.7 Å². The van der Waals surface area contributed by atoms with Crippen molar-refractivity contribution in [3.8, 4) is 0 Å². The van der Waals surface area contributed by atoms with E-state index in [0.717, 1.165) is 12.8 Å². The van der Waals surface area contributed by atoms with Crippen LogP contribution in [0, 0.1) is 0 Å². The predicted octanol–water partition coefficient (Wildman–Crippen LogP) is 2.06. The third-order valence-electron chi connectivity index (χ3n) is 2.98. The van der Waals surface area contributed by atoms with Crippen LogP contribution >= 0.6 is 0 Å². The van der Waals surface area contributed by atoms with Gasteiger partial charge in [0.05, 0.1) is 0 Å². The SMILES string of the molecule is CCC(C)c1ccc(CCNC(=O)C=O)cc1. The molecular formula is C14H19NO2. The van der Waals surface area contributed by atoms with E-state index in [1.165, 1.54) is 11.1 Å². The molecule has 0 fully saturated rings. The molecule has 1 atom stereocenters. The van der Waals surface area contributed by atoms with E-state index in [1.807, 2.05) is 0 Å². The number of amides is 1. The van der Waals surface area contributed by atoms with Gasteiger partial charge in [-0.15, -0.1) is 0 Å². The van der Waals surface area contributed by atoms with Gasteiger partial charge in [-0.3, -0.25) is 9.59 Å². The zero-order valence-electron chi connectivity index (χ0n) is 10.4. The normalized spacial score (nSPS) is 11.9. The third kappa shape index (κ3) is 4.39. The van der Waals surface area contributed by atoms with Gasteiger partial charge in [-0.05, 0) is 29.9 Å². The Kier molecular flexibility index (Phi) is 5.40. The number of aldehydes is 1. The van der Waals surface area contributed by atoms with Crippen molar-refractivity contribution in [2.45, 2.75) is 32.6 Å². The number of nitrogens with one attached hydrogen (secondary N) is 1. The summed E-state index contributed by atoms with van der Waals surface area (Å²) in [7, 11) is 0. The van der Waals surface area contributed by atoms with Gasteiger partial charge in [0.25, 0.3) is 5.91 Å². The summed E-state index contributed by atoms with van der Waals surface area (Å²) in [6, 6.07) is 8.42. The second-order valence-corrected chi connectivity index (χ2v) is 4.21. The average molecular weight is 233 g/mol. The smallest absolute Gasteiger partial charge is 0.284 e. The number of benzene rings is 1. The summed E-state index contributed by atoms with van der Waals surface area (Å²) in [4.78, 5) is 20.8. The molecule has 1 rings (SSSR count). The molecule has 0 radical (unpaired) electrons. The summed E-state index contributed by atoms with van der Waals surface area (Å²) < 4.78 is 0.